The molecule has 3 heterocycles. The molecule has 1 amide bonds. The zero-order chi connectivity index (χ0) is 17.9. The summed E-state index contributed by atoms with van der Waals surface area (Å²) in [4.78, 5) is 22.4. The van der Waals surface area contributed by atoms with Crippen molar-refractivity contribution in [3.8, 4) is 11.5 Å². The lowest BCUT2D eigenvalue weighted by Crippen LogP contribution is -2.23. The van der Waals surface area contributed by atoms with Crippen molar-refractivity contribution in [3.63, 3.8) is 0 Å². The fourth-order valence-electron chi connectivity index (χ4n) is 3.07. The molecule has 1 aliphatic rings. The Morgan fingerprint density at radius 3 is 2.96 bits per heavy atom. The van der Waals surface area contributed by atoms with Crippen molar-refractivity contribution in [1.82, 2.24) is 15.1 Å². The van der Waals surface area contributed by atoms with E-state index in [0.717, 1.165) is 29.8 Å². The van der Waals surface area contributed by atoms with Crippen LogP contribution in [0.5, 0.6) is 0 Å². The number of carbonyl (C=O) groups excluding carboxylic acids is 1. The van der Waals surface area contributed by atoms with Gasteiger partial charge in [-0.2, -0.15) is 4.98 Å². The molecule has 0 atom stereocenters. The lowest BCUT2D eigenvalue weighted by atomic mass is 10.1. The Morgan fingerprint density at radius 1 is 1.27 bits per heavy atom. The van der Waals surface area contributed by atoms with Gasteiger partial charge in [0.1, 0.15) is 5.82 Å². The summed E-state index contributed by atoms with van der Waals surface area (Å²) in [5, 5.41) is 7.16. The predicted molar refractivity (Wildman–Crippen MR) is 97.6 cm³/mol. The van der Waals surface area contributed by atoms with Crippen LogP contribution >= 0.6 is 0 Å². The highest BCUT2D eigenvalue weighted by atomic mass is 16.5. The second kappa shape index (κ2) is 6.95. The summed E-state index contributed by atoms with van der Waals surface area (Å²) in [6.07, 6.45) is 3.26. The van der Waals surface area contributed by atoms with Crippen LogP contribution in [0.1, 0.15) is 24.2 Å². The van der Waals surface area contributed by atoms with Crippen molar-refractivity contribution < 1.29 is 9.32 Å². The number of anilines is 2. The molecule has 1 N–H and O–H groups in total. The minimum absolute atomic E-state index is 0.189. The van der Waals surface area contributed by atoms with E-state index in [0.29, 0.717) is 30.5 Å². The third-order valence-corrected chi connectivity index (χ3v) is 4.32. The van der Waals surface area contributed by atoms with Crippen molar-refractivity contribution in [1.29, 1.82) is 0 Å². The van der Waals surface area contributed by atoms with Crippen LogP contribution in [-0.2, 0) is 11.3 Å². The number of rotatable bonds is 5. The number of aryl methyl sites for hydroxylation is 1. The highest BCUT2D eigenvalue weighted by Crippen LogP contribution is 2.26. The third-order valence-electron chi connectivity index (χ3n) is 4.32. The van der Waals surface area contributed by atoms with Gasteiger partial charge in [-0.1, -0.05) is 17.3 Å². The lowest BCUT2D eigenvalue weighted by Gasteiger charge is -2.17. The number of hydrogen-bond acceptors (Lipinski definition) is 6. The van der Waals surface area contributed by atoms with Gasteiger partial charge in [-0.05, 0) is 43.2 Å². The summed E-state index contributed by atoms with van der Waals surface area (Å²) in [5.74, 6) is 1.89. The van der Waals surface area contributed by atoms with Gasteiger partial charge in [0, 0.05) is 31.4 Å². The topological polar surface area (TPSA) is 84.2 Å². The molecule has 1 aromatic carbocycles. The maximum Gasteiger partial charge on any atom is 0.261 e. The molecule has 1 aliphatic heterocycles. The predicted octanol–water partition coefficient (Wildman–Crippen LogP) is 3.18. The Kier molecular flexibility index (Phi) is 4.35. The Labute approximate surface area is 151 Å². The molecule has 4 rings (SSSR count). The molecule has 0 unspecified atom stereocenters. The van der Waals surface area contributed by atoms with Crippen molar-refractivity contribution in [2.24, 2.45) is 0 Å². The number of carbonyl (C=O) groups is 1. The fraction of sp³-hybridized carbons (Fsp3) is 0.263. The molecule has 2 aromatic heterocycles. The molecule has 1 saturated heterocycles. The molecular formula is C19H19N5O2. The smallest absolute Gasteiger partial charge is 0.261 e. The van der Waals surface area contributed by atoms with Crippen LogP contribution in [0.3, 0.4) is 0 Å². The second-order valence-electron chi connectivity index (χ2n) is 6.22. The first-order chi connectivity index (χ1) is 12.7. The van der Waals surface area contributed by atoms with E-state index in [1.54, 1.807) is 13.1 Å². The highest BCUT2D eigenvalue weighted by molar-refractivity contribution is 5.95. The van der Waals surface area contributed by atoms with E-state index >= 15 is 0 Å². The van der Waals surface area contributed by atoms with Crippen LogP contribution in [0.2, 0.25) is 0 Å². The SMILES string of the molecule is Cc1noc(-c2cccnc2NCc2cccc(N3CCCC3=O)c2)n1. The van der Waals surface area contributed by atoms with E-state index in [1.807, 2.05) is 41.3 Å². The molecule has 0 bridgehead atoms. The van der Waals surface area contributed by atoms with E-state index in [9.17, 15) is 4.79 Å². The van der Waals surface area contributed by atoms with Crippen LogP contribution < -0.4 is 10.2 Å². The molecule has 0 aliphatic carbocycles. The lowest BCUT2D eigenvalue weighted by molar-refractivity contribution is -0.117. The number of amides is 1. The Morgan fingerprint density at radius 2 is 2.19 bits per heavy atom. The van der Waals surface area contributed by atoms with Crippen molar-refractivity contribution in [3.05, 3.63) is 54.0 Å². The molecular weight excluding hydrogens is 330 g/mol. The number of nitrogens with one attached hydrogen (secondary N) is 1. The van der Waals surface area contributed by atoms with Gasteiger partial charge in [0.15, 0.2) is 5.82 Å². The Bertz CT molecular complexity index is 937. The average Bonchev–Trinajstić information content (AvgIpc) is 3.29. The van der Waals surface area contributed by atoms with E-state index in [-0.39, 0.29) is 5.91 Å². The zero-order valence-corrected chi connectivity index (χ0v) is 14.5. The van der Waals surface area contributed by atoms with Gasteiger partial charge < -0.3 is 14.7 Å². The maximum atomic E-state index is 11.9. The van der Waals surface area contributed by atoms with Crippen molar-refractivity contribution >= 4 is 17.4 Å². The molecule has 26 heavy (non-hydrogen) atoms. The molecule has 7 heteroatoms. The number of nitrogens with zero attached hydrogens (tertiary/aromatic N) is 4. The number of hydrogen-bond donors (Lipinski definition) is 1. The van der Waals surface area contributed by atoms with Crippen LogP contribution in [0, 0.1) is 6.92 Å². The average molecular weight is 349 g/mol. The van der Waals surface area contributed by atoms with Crippen LogP contribution in [-0.4, -0.2) is 27.6 Å². The molecule has 0 spiro atoms. The van der Waals surface area contributed by atoms with E-state index in [2.05, 4.69) is 20.4 Å². The van der Waals surface area contributed by atoms with E-state index in [4.69, 9.17) is 4.52 Å². The summed E-state index contributed by atoms with van der Waals surface area (Å²) in [6, 6.07) is 11.7. The largest absolute Gasteiger partial charge is 0.365 e. The molecule has 0 saturated carbocycles. The van der Waals surface area contributed by atoms with Gasteiger partial charge in [0.2, 0.25) is 5.91 Å². The van der Waals surface area contributed by atoms with Gasteiger partial charge in [-0.15, -0.1) is 0 Å². The number of aromatic nitrogens is 3. The molecule has 3 aromatic rings. The van der Waals surface area contributed by atoms with Crippen molar-refractivity contribution in [2.45, 2.75) is 26.3 Å². The maximum absolute atomic E-state index is 11.9. The first-order valence-electron chi connectivity index (χ1n) is 8.59. The van der Waals surface area contributed by atoms with Gasteiger partial charge in [-0.25, -0.2) is 4.98 Å². The van der Waals surface area contributed by atoms with E-state index in [1.165, 1.54) is 0 Å². The van der Waals surface area contributed by atoms with Gasteiger partial charge in [0.05, 0.1) is 5.56 Å². The molecule has 7 nitrogen and oxygen atoms in total. The zero-order valence-electron chi connectivity index (χ0n) is 14.5. The van der Waals surface area contributed by atoms with Crippen LogP contribution in [0.25, 0.3) is 11.5 Å². The fourth-order valence-corrected chi connectivity index (χ4v) is 3.07. The summed E-state index contributed by atoms with van der Waals surface area (Å²) in [7, 11) is 0. The summed E-state index contributed by atoms with van der Waals surface area (Å²) < 4.78 is 5.26. The first-order valence-corrected chi connectivity index (χ1v) is 8.59. The monoisotopic (exact) mass is 349 g/mol. The van der Waals surface area contributed by atoms with E-state index < -0.39 is 0 Å². The molecule has 132 valence electrons. The summed E-state index contributed by atoms with van der Waals surface area (Å²) in [5.41, 5.74) is 2.78. The minimum Gasteiger partial charge on any atom is -0.365 e. The van der Waals surface area contributed by atoms with Gasteiger partial charge in [0.25, 0.3) is 5.89 Å². The summed E-state index contributed by atoms with van der Waals surface area (Å²) in [6.45, 7) is 3.14. The first kappa shape index (κ1) is 16.3. The third kappa shape index (κ3) is 3.28. The Balaban J connectivity index is 1.52. The van der Waals surface area contributed by atoms with Gasteiger partial charge >= 0.3 is 0 Å². The number of pyridine rings is 1. The second-order valence-corrected chi connectivity index (χ2v) is 6.22. The summed E-state index contributed by atoms with van der Waals surface area (Å²) >= 11 is 0. The molecule has 1 fully saturated rings. The van der Waals surface area contributed by atoms with Crippen LogP contribution in [0.4, 0.5) is 11.5 Å². The molecule has 0 radical (unpaired) electrons. The minimum atomic E-state index is 0.189. The Hall–Kier alpha value is -3.22. The van der Waals surface area contributed by atoms with Crippen LogP contribution in [0.15, 0.2) is 47.1 Å². The van der Waals surface area contributed by atoms with Crippen molar-refractivity contribution in [2.75, 3.05) is 16.8 Å². The van der Waals surface area contributed by atoms with Gasteiger partial charge in [-0.3, -0.25) is 4.79 Å². The standard InChI is InChI=1S/C19H19N5O2/c1-13-22-19(26-23-13)16-7-3-9-20-18(16)21-12-14-5-2-6-15(11-14)24-10-4-8-17(24)25/h2-3,5-7,9,11H,4,8,10,12H2,1H3,(H,20,21). The normalized spacial score (nSPS) is 14.0. The quantitative estimate of drug-likeness (QED) is 0.761. The highest BCUT2D eigenvalue weighted by Gasteiger charge is 2.21. The number of benzene rings is 1.